The van der Waals surface area contributed by atoms with Gasteiger partial charge in [-0.1, -0.05) is 42.5 Å². The molecule has 2 aliphatic heterocycles. The monoisotopic (exact) mass is 646 g/mol. The second-order valence-corrected chi connectivity index (χ2v) is 14.7. The zero-order chi connectivity index (χ0) is 29.2. The Balaban J connectivity index is 1.16. The van der Waals surface area contributed by atoms with E-state index in [2.05, 4.69) is 9.88 Å². The number of thiophene rings is 1. The highest BCUT2D eigenvalue weighted by Crippen LogP contribution is 2.42. The van der Waals surface area contributed by atoms with Crippen LogP contribution in [0.4, 0.5) is 5.82 Å². The van der Waals surface area contributed by atoms with Crippen LogP contribution in [-0.2, 0) is 11.2 Å². The van der Waals surface area contributed by atoms with E-state index in [-0.39, 0.29) is 18.1 Å². The summed E-state index contributed by atoms with van der Waals surface area (Å²) in [6.07, 6.45) is 11.9. The van der Waals surface area contributed by atoms with Gasteiger partial charge in [0.05, 0.1) is 33.0 Å². The second-order valence-electron chi connectivity index (χ2n) is 11.8. The van der Waals surface area contributed by atoms with Gasteiger partial charge in [-0.25, -0.2) is 9.97 Å². The van der Waals surface area contributed by atoms with E-state index >= 15 is 0 Å². The molecule has 0 radical (unpaired) electrons. The summed E-state index contributed by atoms with van der Waals surface area (Å²) in [4.78, 5) is 41.2. The molecular formula is C31H36Cl2N4O3S2. The van der Waals surface area contributed by atoms with Gasteiger partial charge in [-0.15, -0.1) is 22.7 Å². The smallest absolute Gasteiger partial charge is 0.306 e. The molecule has 0 bridgehead atoms. The van der Waals surface area contributed by atoms with Gasteiger partial charge in [-0.3, -0.25) is 9.59 Å². The molecule has 0 unspecified atom stereocenters. The van der Waals surface area contributed by atoms with Gasteiger partial charge in [0, 0.05) is 41.1 Å². The Morgan fingerprint density at radius 2 is 1.71 bits per heavy atom. The van der Waals surface area contributed by atoms with Gasteiger partial charge in [0.25, 0.3) is 0 Å². The predicted octanol–water partition coefficient (Wildman–Crippen LogP) is 7.81. The van der Waals surface area contributed by atoms with Crippen molar-refractivity contribution in [3.8, 4) is 10.6 Å². The average Bonchev–Trinajstić information content (AvgIpc) is 3.63. The fourth-order valence-corrected chi connectivity index (χ4v) is 9.39. The largest absolute Gasteiger partial charge is 0.481 e. The van der Waals surface area contributed by atoms with Crippen molar-refractivity contribution in [2.75, 3.05) is 31.1 Å². The summed E-state index contributed by atoms with van der Waals surface area (Å²) in [5, 5.41) is 13.1. The molecule has 7 nitrogen and oxygen atoms in total. The molecule has 0 aromatic carbocycles. The number of likely N-dealkylation sites (tertiary alicyclic amines) is 1. The van der Waals surface area contributed by atoms with Crippen LogP contribution in [0.2, 0.25) is 10.0 Å². The highest BCUT2D eigenvalue weighted by atomic mass is 35.5. The van der Waals surface area contributed by atoms with Crippen LogP contribution in [0.1, 0.15) is 83.9 Å². The molecule has 0 spiro atoms. The Labute approximate surface area is 264 Å². The highest BCUT2D eigenvalue weighted by Gasteiger charge is 2.31. The third-order valence-electron chi connectivity index (χ3n) is 9.09. The minimum Gasteiger partial charge on any atom is -0.481 e. The summed E-state index contributed by atoms with van der Waals surface area (Å²) in [6.45, 7) is 3.40. The number of aliphatic carboxylic acids is 1. The first-order chi connectivity index (χ1) is 20.4. The second kappa shape index (κ2) is 13.3. The number of nitrogens with zero attached hydrogens (tertiary/aromatic N) is 4. The minimum absolute atomic E-state index is 0.0660. The van der Waals surface area contributed by atoms with Crippen LogP contribution in [0.5, 0.6) is 0 Å². The Morgan fingerprint density at radius 1 is 0.976 bits per heavy atom. The third-order valence-corrected chi connectivity index (χ3v) is 11.9. The number of aromatic nitrogens is 2. The van der Waals surface area contributed by atoms with Crippen molar-refractivity contribution in [1.29, 1.82) is 0 Å². The Hall–Kier alpha value is -2.04. The van der Waals surface area contributed by atoms with Crippen molar-refractivity contribution < 1.29 is 14.7 Å². The molecule has 11 heteroatoms. The standard InChI is InChI=1S/C31H36Cl2N4O3S2/c32-22-15-26(41-18-22)28-29(19-6-10-36(11-7-19)23-4-2-1-3-5-23)42-27(35-28)16-25(38)21-14-24(33)30(34-17-21)37-12-8-20(9-13-37)31(39)40/h14-15,17-20,23H,1-13,16H2,(H,39,40). The summed E-state index contributed by atoms with van der Waals surface area (Å²) in [6, 6.07) is 4.41. The minimum atomic E-state index is -0.754. The Kier molecular flexibility index (Phi) is 9.50. The molecule has 5 heterocycles. The normalized spacial score (nSPS) is 19.8. The fraction of sp³-hybridized carbons (Fsp3) is 0.548. The lowest BCUT2D eigenvalue weighted by Gasteiger charge is -2.39. The molecule has 42 heavy (non-hydrogen) atoms. The molecule has 1 N–H and O–H groups in total. The van der Waals surface area contributed by atoms with E-state index in [0.717, 1.165) is 47.6 Å². The number of carboxylic acids is 1. The van der Waals surface area contributed by atoms with Gasteiger partial charge in [0.2, 0.25) is 0 Å². The Bertz CT molecular complexity index is 1420. The molecule has 1 aliphatic carbocycles. The molecule has 0 atom stereocenters. The van der Waals surface area contributed by atoms with E-state index in [1.807, 2.05) is 16.3 Å². The lowest BCUT2D eigenvalue weighted by atomic mass is 9.89. The van der Waals surface area contributed by atoms with Crippen molar-refractivity contribution in [2.45, 2.75) is 76.2 Å². The van der Waals surface area contributed by atoms with E-state index in [4.69, 9.17) is 28.2 Å². The van der Waals surface area contributed by atoms with Crippen molar-refractivity contribution in [2.24, 2.45) is 5.92 Å². The lowest BCUT2D eigenvalue weighted by Crippen LogP contribution is -2.41. The maximum absolute atomic E-state index is 13.4. The molecule has 3 aromatic rings. The molecule has 2 saturated heterocycles. The van der Waals surface area contributed by atoms with Gasteiger partial charge < -0.3 is 14.9 Å². The van der Waals surface area contributed by atoms with Crippen LogP contribution < -0.4 is 4.90 Å². The summed E-state index contributed by atoms with van der Waals surface area (Å²) in [7, 11) is 0. The number of carbonyl (C=O) groups is 2. The molecule has 6 rings (SSSR count). The molecule has 3 fully saturated rings. The fourth-order valence-electron chi connectivity index (χ4n) is 6.71. The molecular weight excluding hydrogens is 611 g/mol. The first-order valence-electron chi connectivity index (χ1n) is 15.0. The number of pyridine rings is 1. The van der Waals surface area contributed by atoms with Gasteiger partial charge in [0.15, 0.2) is 5.78 Å². The SMILES string of the molecule is O=C(Cc1nc(-c2cc(Cl)cs2)c(C2CCN(C3CCCCC3)CC2)s1)c1cnc(N2CCC(C(=O)O)CC2)c(Cl)c1. The van der Waals surface area contributed by atoms with Crippen molar-refractivity contribution in [3.05, 3.63) is 49.2 Å². The number of halogens is 2. The third kappa shape index (κ3) is 6.70. The maximum atomic E-state index is 13.4. The van der Waals surface area contributed by atoms with Gasteiger partial charge in [-0.05, 0) is 69.7 Å². The van der Waals surface area contributed by atoms with Crippen LogP contribution in [0.25, 0.3) is 10.6 Å². The summed E-state index contributed by atoms with van der Waals surface area (Å²) < 4.78 is 0. The number of ketones is 1. The van der Waals surface area contributed by atoms with E-state index < -0.39 is 5.97 Å². The zero-order valence-electron chi connectivity index (χ0n) is 23.6. The summed E-state index contributed by atoms with van der Waals surface area (Å²) in [5.74, 6) is -0.115. The number of rotatable bonds is 8. The van der Waals surface area contributed by atoms with Gasteiger partial charge in [-0.2, -0.15) is 0 Å². The number of anilines is 1. The van der Waals surface area contributed by atoms with Crippen molar-refractivity contribution in [3.63, 3.8) is 0 Å². The number of hydrogen-bond donors (Lipinski definition) is 1. The zero-order valence-corrected chi connectivity index (χ0v) is 26.7. The van der Waals surface area contributed by atoms with Crippen molar-refractivity contribution in [1.82, 2.24) is 14.9 Å². The van der Waals surface area contributed by atoms with E-state index in [9.17, 15) is 14.7 Å². The van der Waals surface area contributed by atoms with Crippen molar-refractivity contribution >= 4 is 63.4 Å². The van der Waals surface area contributed by atoms with Crippen LogP contribution in [0.3, 0.4) is 0 Å². The van der Waals surface area contributed by atoms with Gasteiger partial charge in [0.1, 0.15) is 10.8 Å². The number of carboxylic acid groups (broad SMARTS) is 1. The molecule has 0 amide bonds. The quantitative estimate of drug-likeness (QED) is 0.250. The first kappa shape index (κ1) is 30.0. The van der Waals surface area contributed by atoms with Crippen LogP contribution in [0.15, 0.2) is 23.7 Å². The van der Waals surface area contributed by atoms with E-state index in [1.165, 1.54) is 37.0 Å². The molecule has 224 valence electrons. The lowest BCUT2D eigenvalue weighted by molar-refractivity contribution is -0.142. The predicted molar refractivity (Wildman–Crippen MR) is 171 cm³/mol. The molecule has 3 aromatic heterocycles. The first-order valence-corrected chi connectivity index (χ1v) is 17.5. The summed E-state index contributed by atoms with van der Waals surface area (Å²) >= 11 is 16.2. The van der Waals surface area contributed by atoms with E-state index in [1.54, 1.807) is 34.9 Å². The number of Topliss-reactive ketones (excluding diaryl/α,β-unsaturated/α-hetero) is 1. The average molecular weight is 648 g/mol. The molecule has 1 saturated carbocycles. The molecule has 3 aliphatic rings. The summed E-state index contributed by atoms with van der Waals surface area (Å²) in [5.41, 5.74) is 1.44. The van der Waals surface area contributed by atoms with Crippen LogP contribution >= 0.6 is 45.9 Å². The van der Waals surface area contributed by atoms with E-state index in [0.29, 0.717) is 53.3 Å². The Morgan fingerprint density at radius 3 is 2.36 bits per heavy atom. The van der Waals surface area contributed by atoms with Crippen LogP contribution in [-0.4, -0.2) is 63.9 Å². The highest BCUT2D eigenvalue weighted by molar-refractivity contribution is 7.15. The topological polar surface area (TPSA) is 86.6 Å². The van der Waals surface area contributed by atoms with Crippen LogP contribution in [0, 0.1) is 5.92 Å². The number of piperidine rings is 2. The number of thiazole rings is 1. The number of carbonyl (C=O) groups excluding carboxylic acids is 1. The maximum Gasteiger partial charge on any atom is 0.306 e. The number of hydrogen-bond acceptors (Lipinski definition) is 8. The van der Waals surface area contributed by atoms with Gasteiger partial charge >= 0.3 is 5.97 Å².